The number of pyridine rings is 1. The van der Waals surface area contributed by atoms with Crippen LogP contribution in [0.4, 0.5) is 11.5 Å². The van der Waals surface area contributed by atoms with E-state index in [0.717, 1.165) is 0 Å². The summed E-state index contributed by atoms with van der Waals surface area (Å²) in [5.41, 5.74) is 5.77. The molecule has 110 valence electrons. The zero-order valence-electron chi connectivity index (χ0n) is 11.1. The molecule has 2 aromatic rings. The molecule has 21 heavy (non-hydrogen) atoms. The van der Waals surface area contributed by atoms with E-state index in [9.17, 15) is 13.2 Å². The zero-order valence-corrected chi connectivity index (χ0v) is 11.9. The fourth-order valence-corrected chi connectivity index (χ4v) is 2.85. The molecular formula is C13H13N3O4S. The molecule has 1 aromatic carbocycles. The van der Waals surface area contributed by atoms with Crippen LogP contribution in [0.2, 0.25) is 0 Å². The van der Waals surface area contributed by atoms with Gasteiger partial charge >= 0.3 is 5.97 Å². The second kappa shape index (κ2) is 5.80. The molecule has 0 aliphatic rings. The van der Waals surface area contributed by atoms with Gasteiger partial charge in [-0.25, -0.2) is 18.2 Å². The minimum absolute atomic E-state index is 0.103. The molecule has 0 radical (unpaired) electrons. The fourth-order valence-electron chi connectivity index (χ4n) is 1.69. The van der Waals surface area contributed by atoms with E-state index in [0.29, 0.717) is 0 Å². The van der Waals surface area contributed by atoms with Crippen LogP contribution in [-0.4, -0.2) is 26.5 Å². The first kappa shape index (κ1) is 14.8. The Balaban J connectivity index is 2.43. The Hall–Kier alpha value is -2.61. The number of aromatic nitrogens is 1. The molecule has 0 amide bonds. The van der Waals surface area contributed by atoms with Gasteiger partial charge in [-0.15, -0.1) is 0 Å². The van der Waals surface area contributed by atoms with Crippen LogP contribution in [0.3, 0.4) is 0 Å². The van der Waals surface area contributed by atoms with Crippen LogP contribution in [0.1, 0.15) is 10.4 Å². The summed E-state index contributed by atoms with van der Waals surface area (Å²) in [6.07, 6.45) is 1.39. The van der Waals surface area contributed by atoms with E-state index < -0.39 is 16.0 Å². The van der Waals surface area contributed by atoms with Crippen LogP contribution in [-0.2, 0) is 14.8 Å². The first-order valence-electron chi connectivity index (χ1n) is 5.86. The summed E-state index contributed by atoms with van der Waals surface area (Å²) >= 11 is 0. The van der Waals surface area contributed by atoms with Gasteiger partial charge in [0.25, 0.3) is 10.0 Å². The molecule has 8 heteroatoms. The van der Waals surface area contributed by atoms with Crippen LogP contribution >= 0.6 is 0 Å². The number of nitrogens with one attached hydrogen (secondary N) is 1. The van der Waals surface area contributed by atoms with Gasteiger partial charge in [-0.1, -0.05) is 12.1 Å². The van der Waals surface area contributed by atoms with Crippen molar-refractivity contribution in [2.24, 2.45) is 0 Å². The highest BCUT2D eigenvalue weighted by atomic mass is 32.2. The number of benzene rings is 1. The molecule has 0 unspecified atom stereocenters. The lowest BCUT2D eigenvalue weighted by Crippen LogP contribution is -2.17. The van der Waals surface area contributed by atoms with Gasteiger partial charge in [-0.3, -0.25) is 4.72 Å². The van der Waals surface area contributed by atoms with Crippen LogP contribution in [0.5, 0.6) is 0 Å². The Morgan fingerprint density at radius 3 is 2.62 bits per heavy atom. The summed E-state index contributed by atoms with van der Waals surface area (Å²) in [6.45, 7) is 0. The summed E-state index contributed by atoms with van der Waals surface area (Å²) < 4.78 is 31.5. The van der Waals surface area contributed by atoms with Crippen molar-refractivity contribution in [3.63, 3.8) is 0 Å². The molecule has 1 heterocycles. The topological polar surface area (TPSA) is 111 Å². The lowest BCUT2D eigenvalue weighted by molar-refractivity contribution is 0.0602. The monoisotopic (exact) mass is 307 g/mol. The number of nitrogen functional groups attached to an aromatic ring is 1. The summed E-state index contributed by atoms with van der Waals surface area (Å²) in [5.74, 6) is -0.770. The molecule has 0 bridgehead atoms. The summed E-state index contributed by atoms with van der Waals surface area (Å²) in [4.78, 5) is 15.2. The van der Waals surface area contributed by atoms with Crippen LogP contribution in [0, 0.1) is 0 Å². The normalized spacial score (nSPS) is 10.9. The zero-order chi connectivity index (χ0) is 15.5. The third-order valence-corrected chi connectivity index (χ3v) is 4.08. The second-order valence-corrected chi connectivity index (χ2v) is 5.68. The van der Waals surface area contributed by atoms with Crippen molar-refractivity contribution < 1.29 is 17.9 Å². The highest BCUT2D eigenvalue weighted by molar-refractivity contribution is 7.92. The average molecular weight is 307 g/mol. The van der Waals surface area contributed by atoms with Gasteiger partial charge in [0.15, 0.2) is 0 Å². The number of carbonyl (C=O) groups excluding carboxylic acids is 1. The summed E-state index contributed by atoms with van der Waals surface area (Å²) in [5, 5.41) is 0. The van der Waals surface area contributed by atoms with E-state index in [-0.39, 0.29) is 22.0 Å². The predicted octanol–water partition coefficient (Wildman–Crippen LogP) is 1.25. The SMILES string of the molecule is COC(=O)c1ccccc1NS(=O)(=O)c1cccnc1N. The van der Waals surface area contributed by atoms with Gasteiger partial charge in [-0.05, 0) is 24.3 Å². The van der Waals surface area contributed by atoms with E-state index in [1.165, 1.54) is 37.6 Å². The van der Waals surface area contributed by atoms with Gasteiger partial charge < -0.3 is 10.5 Å². The average Bonchev–Trinajstić information content (AvgIpc) is 2.47. The number of esters is 1. The first-order valence-corrected chi connectivity index (χ1v) is 7.34. The third-order valence-electron chi connectivity index (χ3n) is 2.67. The highest BCUT2D eigenvalue weighted by Gasteiger charge is 2.21. The number of carbonyl (C=O) groups is 1. The third kappa shape index (κ3) is 3.11. The van der Waals surface area contributed by atoms with Crippen molar-refractivity contribution in [1.29, 1.82) is 0 Å². The van der Waals surface area contributed by atoms with E-state index in [1.54, 1.807) is 12.1 Å². The quantitative estimate of drug-likeness (QED) is 0.822. The number of nitrogens with two attached hydrogens (primary N) is 1. The van der Waals surface area contributed by atoms with Gasteiger partial charge in [0.2, 0.25) is 0 Å². The molecule has 0 atom stereocenters. The molecule has 0 saturated heterocycles. The van der Waals surface area contributed by atoms with Crippen LogP contribution in [0.25, 0.3) is 0 Å². The Morgan fingerprint density at radius 1 is 1.24 bits per heavy atom. The van der Waals surface area contributed by atoms with Crippen molar-refractivity contribution in [2.45, 2.75) is 4.90 Å². The molecule has 1 aromatic heterocycles. The minimum atomic E-state index is -3.95. The Labute approximate surface area is 121 Å². The second-order valence-electron chi connectivity index (χ2n) is 4.03. The van der Waals surface area contributed by atoms with Crippen molar-refractivity contribution in [3.05, 3.63) is 48.2 Å². The van der Waals surface area contributed by atoms with Gasteiger partial charge in [0, 0.05) is 6.20 Å². The molecule has 2 rings (SSSR count). The summed E-state index contributed by atoms with van der Waals surface area (Å²) in [7, 11) is -2.74. The van der Waals surface area contributed by atoms with Crippen molar-refractivity contribution >= 4 is 27.5 Å². The maximum atomic E-state index is 12.3. The number of rotatable bonds is 4. The first-order chi connectivity index (χ1) is 9.95. The van der Waals surface area contributed by atoms with Crippen molar-refractivity contribution in [1.82, 2.24) is 4.98 Å². The van der Waals surface area contributed by atoms with E-state index in [4.69, 9.17) is 5.73 Å². The number of anilines is 2. The Morgan fingerprint density at radius 2 is 1.95 bits per heavy atom. The van der Waals surface area contributed by atoms with Gasteiger partial charge in [-0.2, -0.15) is 0 Å². The van der Waals surface area contributed by atoms with E-state index in [1.807, 2.05) is 0 Å². The molecule has 0 saturated carbocycles. The molecule has 3 N–H and O–H groups in total. The number of nitrogens with zero attached hydrogens (tertiary/aromatic N) is 1. The molecule has 0 spiro atoms. The molecule has 0 fully saturated rings. The number of ether oxygens (including phenoxy) is 1. The molecule has 7 nitrogen and oxygen atoms in total. The minimum Gasteiger partial charge on any atom is -0.465 e. The Bertz CT molecular complexity index is 774. The molecule has 0 aliphatic heterocycles. The predicted molar refractivity (Wildman–Crippen MR) is 77.2 cm³/mol. The number of hydrogen-bond donors (Lipinski definition) is 2. The van der Waals surface area contributed by atoms with Gasteiger partial charge in [0.05, 0.1) is 18.4 Å². The maximum Gasteiger partial charge on any atom is 0.339 e. The Kier molecular flexibility index (Phi) is 4.08. The van der Waals surface area contributed by atoms with Crippen molar-refractivity contribution in [3.8, 4) is 0 Å². The number of hydrogen-bond acceptors (Lipinski definition) is 6. The maximum absolute atomic E-state index is 12.3. The van der Waals surface area contributed by atoms with Crippen molar-refractivity contribution in [2.75, 3.05) is 17.6 Å². The molecule has 0 aliphatic carbocycles. The number of para-hydroxylation sites is 1. The summed E-state index contributed by atoms with van der Waals surface area (Å²) in [6, 6.07) is 8.88. The number of methoxy groups -OCH3 is 1. The smallest absolute Gasteiger partial charge is 0.339 e. The lowest BCUT2D eigenvalue weighted by atomic mass is 10.2. The van der Waals surface area contributed by atoms with Gasteiger partial charge in [0.1, 0.15) is 10.7 Å². The van der Waals surface area contributed by atoms with Crippen LogP contribution in [0.15, 0.2) is 47.5 Å². The van der Waals surface area contributed by atoms with E-state index >= 15 is 0 Å². The number of sulfonamides is 1. The highest BCUT2D eigenvalue weighted by Crippen LogP contribution is 2.22. The van der Waals surface area contributed by atoms with Crippen LogP contribution < -0.4 is 10.5 Å². The molecular weight excluding hydrogens is 294 g/mol. The standard InChI is InChI=1S/C13H13N3O4S/c1-20-13(17)9-5-2-3-6-10(9)16-21(18,19)11-7-4-8-15-12(11)14/h2-8,16H,1H3,(H2,14,15). The largest absolute Gasteiger partial charge is 0.465 e. The fraction of sp³-hybridized carbons (Fsp3) is 0.0769. The van der Waals surface area contributed by atoms with E-state index in [2.05, 4.69) is 14.4 Å². The lowest BCUT2D eigenvalue weighted by Gasteiger charge is -2.12.